The van der Waals surface area contributed by atoms with Crippen molar-refractivity contribution in [1.29, 1.82) is 0 Å². The molecule has 0 spiro atoms. The first kappa shape index (κ1) is 13.9. The normalized spacial score (nSPS) is 9.73. The van der Waals surface area contributed by atoms with E-state index in [0.29, 0.717) is 19.6 Å². The van der Waals surface area contributed by atoms with Crippen LogP contribution >= 0.6 is 0 Å². The molecule has 5 nitrogen and oxygen atoms in total. The van der Waals surface area contributed by atoms with Crippen LogP contribution < -0.4 is 5.32 Å². The van der Waals surface area contributed by atoms with Crippen LogP contribution in [0.4, 0.5) is 0 Å². The fraction of sp³-hybridized carbons (Fsp3) is 0.800. The molecule has 0 saturated carbocycles. The van der Waals surface area contributed by atoms with E-state index in [1.807, 2.05) is 13.8 Å². The number of hydrogen-bond donors (Lipinski definition) is 1. The second-order valence-corrected chi connectivity index (χ2v) is 2.94. The van der Waals surface area contributed by atoms with Gasteiger partial charge in [0.1, 0.15) is 13.2 Å². The Morgan fingerprint density at radius 1 is 1.20 bits per heavy atom. The molecule has 1 amide bonds. The van der Waals surface area contributed by atoms with E-state index in [2.05, 4.69) is 5.32 Å². The third kappa shape index (κ3) is 9.21. The molecule has 0 aliphatic heterocycles. The molecule has 0 radical (unpaired) electrons. The van der Waals surface area contributed by atoms with Crippen LogP contribution in [0.3, 0.4) is 0 Å². The summed E-state index contributed by atoms with van der Waals surface area (Å²) in [5.41, 5.74) is 0. The summed E-state index contributed by atoms with van der Waals surface area (Å²) in [5.74, 6) is -0.557. The van der Waals surface area contributed by atoms with Gasteiger partial charge in [0, 0.05) is 13.0 Å². The molecule has 0 aliphatic carbocycles. The molecule has 0 aromatic heterocycles. The van der Waals surface area contributed by atoms with Gasteiger partial charge in [-0.1, -0.05) is 6.92 Å². The van der Waals surface area contributed by atoms with E-state index < -0.39 is 5.97 Å². The third-order valence-corrected chi connectivity index (χ3v) is 1.60. The monoisotopic (exact) mass is 217 g/mol. The van der Waals surface area contributed by atoms with Crippen LogP contribution in [0.1, 0.15) is 26.7 Å². The maximum Gasteiger partial charge on any atom is 0.325 e. The maximum absolute atomic E-state index is 11.0. The zero-order valence-corrected chi connectivity index (χ0v) is 9.38. The number of carbonyl (C=O) groups excluding carboxylic acids is 2. The summed E-state index contributed by atoms with van der Waals surface area (Å²) in [7, 11) is 0. The fourth-order valence-corrected chi connectivity index (χ4v) is 0.896. The average molecular weight is 217 g/mol. The Bertz CT molecular complexity index is 194. The van der Waals surface area contributed by atoms with Crippen molar-refractivity contribution in [3.8, 4) is 0 Å². The minimum absolute atomic E-state index is 0.0645. The molecule has 0 aromatic rings. The van der Waals surface area contributed by atoms with Crippen molar-refractivity contribution < 1.29 is 19.1 Å². The van der Waals surface area contributed by atoms with E-state index in [9.17, 15) is 9.59 Å². The summed E-state index contributed by atoms with van der Waals surface area (Å²) in [6.07, 6.45) is 1.21. The van der Waals surface area contributed by atoms with Gasteiger partial charge >= 0.3 is 5.97 Å². The number of hydrogen-bond acceptors (Lipinski definition) is 4. The lowest BCUT2D eigenvalue weighted by Crippen LogP contribution is -2.30. The summed E-state index contributed by atoms with van der Waals surface area (Å²) in [6.45, 7) is 4.93. The quantitative estimate of drug-likeness (QED) is 0.474. The van der Waals surface area contributed by atoms with Gasteiger partial charge in [0.2, 0.25) is 5.91 Å². The Balaban J connectivity index is 3.36. The fourth-order valence-electron chi connectivity index (χ4n) is 0.896. The molecule has 0 heterocycles. The lowest BCUT2D eigenvalue weighted by Gasteiger charge is -2.05. The van der Waals surface area contributed by atoms with Crippen molar-refractivity contribution in [2.24, 2.45) is 0 Å². The largest absolute Gasteiger partial charge is 0.462 e. The second-order valence-electron chi connectivity index (χ2n) is 2.94. The number of nitrogens with one attached hydrogen (secondary N) is 1. The second kappa shape index (κ2) is 9.45. The van der Waals surface area contributed by atoms with Gasteiger partial charge in [-0.05, 0) is 13.3 Å². The zero-order valence-electron chi connectivity index (χ0n) is 9.38. The van der Waals surface area contributed by atoms with Gasteiger partial charge < -0.3 is 14.8 Å². The highest BCUT2D eigenvalue weighted by Crippen LogP contribution is 1.86. The number of esters is 1. The highest BCUT2D eigenvalue weighted by molar-refractivity contribution is 5.81. The van der Waals surface area contributed by atoms with Crippen LogP contribution in [0.5, 0.6) is 0 Å². The van der Waals surface area contributed by atoms with E-state index >= 15 is 0 Å². The number of ether oxygens (including phenoxy) is 2. The standard InChI is InChI=1S/C10H19NO4/c1-3-5-9(12)11-8-10(13)15-7-6-14-4-2/h3-8H2,1-2H3,(H,11,12). The predicted molar refractivity (Wildman–Crippen MR) is 55.4 cm³/mol. The van der Waals surface area contributed by atoms with Gasteiger partial charge in [0.15, 0.2) is 0 Å². The molecule has 0 aliphatic rings. The number of carbonyl (C=O) groups is 2. The molecule has 0 saturated heterocycles. The van der Waals surface area contributed by atoms with Crippen molar-refractivity contribution >= 4 is 11.9 Å². The minimum Gasteiger partial charge on any atom is -0.462 e. The smallest absolute Gasteiger partial charge is 0.325 e. The Morgan fingerprint density at radius 2 is 1.93 bits per heavy atom. The van der Waals surface area contributed by atoms with E-state index in [-0.39, 0.29) is 19.1 Å². The average Bonchev–Trinajstić information content (AvgIpc) is 2.22. The Labute approximate surface area is 90.1 Å². The zero-order chi connectivity index (χ0) is 11.5. The topological polar surface area (TPSA) is 64.6 Å². The SMILES string of the molecule is CCCC(=O)NCC(=O)OCCOCC. The van der Waals surface area contributed by atoms with Crippen LogP contribution in [0, 0.1) is 0 Å². The molecule has 0 bridgehead atoms. The molecule has 5 heteroatoms. The maximum atomic E-state index is 11.0. The van der Waals surface area contributed by atoms with Crippen LogP contribution in [0.25, 0.3) is 0 Å². The van der Waals surface area contributed by atoms with Gasteiger partial charge in [-0.25, -0.2) is 0 Å². The molecule has 1 N–H and O–H groups in total. The Morgan fingerprint density at radius 3 is 2.53 bits per heavy atom. The molecule has 15 heavy (non-hydrogen) atoms. The molecule has 0 fully saturated rings. The lowest BCUT2D eigenvalue weighted by molar-refractivity contribution is -0.145. The highest BCUT2D eigenvalue weighted by Gasteiger charge is 2.04. The van der Waals surface area contributed by atoms with Gasteiger partial charge in [-0.15, -0.1) is 0 Å². The van der Waals surface area contributed by atoms with Gasteiger partial charge in [0.05, 0.1) is 6.61 Å². The first-order chi connectivity index (χ1) is 7.20. The van der Waals surface area contributed by atoms with E-state index in [1.54, 1.807) is 0 Å². The number of amides is 1. The first-order valence-electron chi connectivity index (χ1n) is 5.20. The van der Waals surface area contributed by atoms with Gasteiger partial charge in [-0.2, -0.15) is 0 Å². The van der Waals surface area contributed by atoms with E-state index in [0.717, 1.165) is 6.42 Å². The summed E-state index contributed by atoms with van der Waals surface area (Å²) in [5, 5.41) is 2.47. The van der Waals surface area contributed by atoms with Crippen LogP contribution in [-0.2, 0) is 19.1 Å². The molecule has 0 aromatic carbocycles. The van der Waals surface area contributed by atoms with E-state index in [4.69, 9.17) is 9.47 Å². The molecule has 88 valence electrons. The summed E-state index contributed by atoms with van der Waals surface area (Å²) in [6, 6.07) is 0. The summed E-state index contributed by atoms with van der Waals surface area (Å²) in [4.78, 5) is 22.0. The number of rotatable bonds is 8. The predicted octanol–water partition coefficient (Wildman–Crippen LogP) is 0.482. The highest BCUT2D eigenvalue weighted by atomic mass is 16.6. The minimum atomic E-state index is -0.431. The molecule has 0 unspecified atom stereocenters. The van der Waals surface area contributed by atoms with E-state index in [1.165, 1.54) is 0 Å². The van der Waals surface area contributed by atoms with Gasteiger partial charge in [-0.3, -0.25) is 9.59 Å². The van der Waals surface area contributed by atoms with Crippen molar-refractivity contribution in [1.82, 2.24) is 5.32 Å². The molecular weight excluding hydrogens is 198 g/mol. The van der Waals surface area contributed by atoms with Crippen LogP contribution in [0.2, 0.25) is 0 Å². The first-order valence-corrected chi connectivity index (χ1v) is 5.20. The molecule has 0 rings (SSSR count). The molecular formula is C10H19NO4. The van der Waals surface area contributed by atoms with Crippen molar-refractivity contribution in [3.63, 3.8) is 0 Å². The summed E-state index contributed by atoms with van der Waals surface area (Å²) >= 11 is 0. The van der Waals surface area contributed by atoms with Crippen molar-refractivity contribution in [2.45, 2.75) is 26.7 Å². The van der Waals surface area contributed by atoms with Crippen molar-refractivity contribution in [3.05, 3.63) is 0 Å². The van der Waals surface area contributed by atoms with Crippen LogP contribution in [0.15, 0.2) is 0 Å². The third-order valence-electron chi connectivity index (χ3n) is 1.60. The molecule has 0 atom stereocenters. The Kier molecular flexibility index (Phi) is 8.76. The van der Waals surface area contributed by atoms with Crippen molar-refractivity contribution in [2.75, 3.05) is 26.4 Å². The summed E-state index contributed by atoms with van der Waals surface area (Å²) < 4.78 is 9.78. The van der Waals surface area contributed by atoms with Crippen LogP contribution in [-0.4, -0.2) is 38.2 Å². The lowest BCUT2D eigenvalue weighted by atomic mass is 10.3. The van der Waals surface area contributed by atoms with Gasteiger partial charge in [0.25, 0.3) is 0 Å². The Hall–Kier alpha value is -1.10.